The van der Waals surface area contributed by atoms with Crippen molar-refractivity contribution in [2.75, 3.05) is 20.8 Å². The summed E-state index contributed by atoms with van der Waals surface area (Å²) in [6.07, 6.45) is -2.29. The lowest BCUT2D eigenvalue weighted by Crippen LogP contribution is -2.66. The fourth-order valence-corrected chi connectivity index (χ4v) is 10.1. The van der Waals surface area contributed by atoms with Crippen molar-refractivity contribution in [2.45, 2.75) is 82.2 Å². The van der Waals surface area contributed by atoms with Crippen LogP contribution in [-0.2, 0) is 43.5 Å². The Morgan fingerprint density at radius 1 is 0.913 bits per heavy atom. The molecule has 5 unspecified atom stereocenters. The minimum absolute atomic E-state index is 0.276. The highest BCUT2D eigenvalue weighted by Gasteiger charge is 2.56. The first-order chi connectivity index (χ1) is 21.9. The largest absolute Gasteiger partial charge is 0.416 e. The van der Waals surface area contributed by atoms with E-state index in [0.717, 1.165) is 20.9 Å². The van der Waals surface area contributed by atoms with E-state index >= 15 is 0 Å². The minimum atomic E-state index is -1.92. The second kappa shape index (κ2) is 15.9. The zero-order valence-electron chi connectivity index (χ0n) is 28.4. The average molecular weight is 725 g/mol. The Hall–Kier alpha value is -1.38. The number of hydrogen-bond acceptors (Lipinski definition) is 9. The molecular formula is C32H49FO8SSi4. The molecule has 46 heavy (non-hydrogen) atoms. The number of ether oxygens (including phenoxy) is 3. The van der Waals surface area contributed by atoms with E-state index < -0.39 is 73.6 Å². The molecule has 1 fully saturated rings. The molecule has 5 atom stereocenters. The highest BCUT2D eigenvalue weighted by Crippen LogP contribution is 2.45. The lowest BCUT2D eigenvalue weighted by Gasteiger charge is -2.51. The van der Waals surface area contributed by atoms with Crippen molar-refractivity contribution in [1.82, 2.24) is 0 Å². The quantitative estimate of drug-likeness (QED) is 0.184. The number of halogens is 1. The van der Waals surface area contributed by atoms with Crippen LogP contribution in [0.3, 0.4) is 0 Å². The maximum absolute atomic E-state index is 13.6. The normalized spacial score (nSPS) is 24.8. The van der Waals surface area contributed by atoms with Crippen LogP contribution in [0.25, 0.3) is 10.4 Å². The van der Waals surface area contributed by atoms with Crippen LogP contribution in [0.15, 0.2) is 54.6 Å². The molecule has 254 valence electrons. The highest BCUT2D eigenvalue weighted by atomic mass is 32.1. The van der Waals surface area contributed by atoms with Crippen LogP contribution < -0.4 is 0 Å². The van der Waals surface area contributed by atoms with Crippen molar-refractivity contribution in [3.63, 3.8) is 0 Å². The molecule has 8 nitrogen and oxygen atoms in total. The molecule has 2 aromatic carbocycles. The Bertz CT molecular complexity index is 1420. The van der Waals surface area contributed by atoms with Crippen molar-refractivity contribution >= 4 is 48.9 Å². The van der Waals surface area contributed by atoms with Crippen LogP contribution in [0.2, 0.25) is 39.3 Å². The van der Waals surface area contributed by atoms with E-state index in [1.54, 1.807) is 26.4 Å². The summed E-state index contributed by atoms with van der Waals surface area (Å²) >= 11 is 1.50. The van der Waals surface area contributed by atoms with E-state index in [-0.39, 0.29) is 12.4 Å². The first-order valence-corrected chi connectivity index (χ1v) is 26.0. The summed E-state index contributed by atoms with van der Waals surface area (Å²) < 4.78 is 58.3. The van der Waals surface area contributed by atoms with Gasteiger partial charge in [0.15, 0.2) is 37.6 Å². The molecule has 0 radical (unpaired) electrons. The molecule has 3 aromatic rings. The Morgan fingerprint density at radius 2 is 1.54 bits per heavy atom. The third-order valence-corrected chi connectivity index (χ3v) is 12.5. The summed E-state index contributed by atoms with van der Waals surface area (Å²) in [5.74, 6) is -3.44. The Morgan fingerprint density at radius 3 is 2.13 bits per heavy atom. The minimum Gasteiger partial charge on any atom is -0.416 e. The summed E-state index contributed by atoms with van der Waals surface area (Å²) in [4.78, 5) is 1.74. The first-order valence-electron chi connectivity index (χ1n) is 15.8. The predicted octanol–water partition coefficient (Wildman–Crippen LogP) is 4.30. The molecule has 1 aromatic heterocycles. The fraction of sp³-hybridized carbons (Fsp3) is 0.500. The molecule has 1 saturated heterocycles. The van der Waals surface area contributed by atoms with Crippen LogP contribution in [-0.4, -0.2) is 88.0 Å². The van der Waals surface area contributed by atoms with Gasteiger partial charge in [0.25, 0.3) is 0 Å². The Balaban J connectivity index is 1.84. The molecule has 2 heterocycles. The molecule has 0 aliphatic carbocycles. The molecule has 0 saturated carbocycles. The van der Waals surface area contributed by atoms with Gasteiger partial charge < -0.3 is 37.0 Å². The molecule has 1 N–H and O–H groups in total. The maximum Gasteiger partial charge on any atom is 0.231 e. The third kappa shape index (κ3) is 7.91. The van der Waals surface area contributed by atoms with Crippen molar-refractivity contribution in [2.24, 2.45) is 0 Å². The monoisotopic (exact) mass is 724 g/mol. The number of aliphatic hydroxyl groups is 1. The van der Waals surface area contributed by atoms with Crippen LogP contribution >= 0.6 is 11.3 Å². The van der Waals surface area contributed by atoms with Gasteiger partial charge in [0.1, 0.15) is 30.2 Å². The number of thiophene rings is 1. The van der Waals surface area contributed by atoms with Gasteiger partial charge in [-0.2, -0.15) is 0 Å². The number of rotatable bonds is 15. The van der Waals surface area contributed by atoms with E-state index in [1.807, 2.05) is 43.8 Å². The van der Waals surface area contributed by atoms with Crippen LogP contribution in [0.5, 0.6) is 0 Å². The van der Waals surface area contributed by atoms with Crippen LogP contribution in [0.4, 0.5) is 4.39 Å². The standard InChI is InChI=1S/C32H49FO8SSi4/c1-20-10-13-22(18-24(20)32(35-2,36-3)27-17-16-26(42-27)21-11-14-23(33)15-12-21)31(34)30(41-45-6)29(40-44-5)28(39-43-4)25(38-31)19-37-46(7,8)9/h10-18,25,28-30,34H,19,43-45H2,1-9H3. The van der Waals surface area contributed by atoms with E-state index in [4.69, 9.17) is 31.9 Å². The third-order valence-electron chi connectivity index (χ3n) is 8.09. The lowest BCUT2D eigenvalue weighted by atomic mass is 9.85. The smallest absolute Gasteiger partial charge is 0.231 e. The Labute approximate surface area is 284 Å². The van der Waals surface area contributed by atoms with Gasteiger partial charge in [0.05, 0.1) is 11.5 Å². The summed E-state index contributed by atoms with van der Waals surface area (Å²) in [7, 11) is -1.48. The zero-order valence-corrected chi connectivity index (χ0v) is 34.5. The van der Waals surface area contributed by atoms with Gasteiger partial charge in [-0.15, -0.1) is 11.3 Å². The molecule has 14 heteroatoms. The fourth-order valence-electron chi connectivity index (χ4n) is 5.94. The van der Waals surface area contributed by atoms with Gasteiger partial charge in [-0.3, -0.25) is 0 Å². The maximum atomic E-state index is 13.6. The molecule has 0 bridgehead atoms. The van der Waals surface area contributed by atoms with Crippen molar-refractivity contribution < 1.29 is 41.4 Å². The molecule has 1 aliphatic heterocycles. The number of hydrogen-bond donors (Lipinski definition) is 1. The molecule has 1 aliphatic rings. The van der Waals surface area contributed by atoms with Gasteiger partial charge in [0.2, 0.25) is 11.6 Å². The van der Waals surface area contributed by atoms with E-state index in [9.17, 15) is 9.50 Å². The van der Waals surface area contributed by atoms with Gasteiger partial charge in [-0.25, -0.2) is 4.39 Å². The first kappa shape index (κ1) is 37.4. The zero-order chi connectivity index (χ0) is 33.7. The molecule has 4 rings (SSSR count). The lowest BCUT2D eigenvalue weighted by molar-refractivity contribution is -0.346. The van der Waals surface area contributed by atoms with Crippen LogP contribution in [0, 0.1) is 12.7 Å². The van der Waals surface area contributed by atoms with Gasteiger partial charge in [0, 0.05) is 30.2 Å². The van der Waals surface area contributed by atoms with Crippen molar-refractivity contribution in [3.8, 4) is 10.4 Å². The highest BCUT2D eigenvalue weighted by molar-refractivity contribution is 7.15. The van der Waals surface area contributed by atoms with Gasteiger partial charge in [-0.1, -0.05) is 43.9 Å². The van der Waals surface area contributed by atoms with Crippen molar-refractivity contribution in [3.05, 3.63) is 82.0 Å². The topological polar surface area (TPSA) is 84.8 Å². The Kier molecular flexibility index (Phi) is 12.9. The van der Waals surface area contributed by atoms with Crippen LogP contribution in [0.1, 0.15) is 21.6 Å². The van der Waals surface area contributed by atoms with Crippen molar-refractivity contribution in [1.29, 1.82) is 0 Å². The summed E-state index contributed by atoms with van der Waals surface area (Å²) in [6.45, 7) is 14.8. The van der Waals surface area contributed by atoms with E-state index in [0.29, 0.717) is 11.1 Å². The average Bonchev–Trinajstić information content (AvgIpc) is 3.52. The van der Waals surface area contributed by atoms with Gasteiger partial charge >= 0.3 is 0 Å². The summed E-state index contributed by atoms with van der Waals surface area (Å²) in [5.41, 5.74) is 3.01. The van der Waals surface area contributed by atoms with E-state index in [2.05, 4.69) is 32.7 Å². The molecule has 0 amide bonds. The number of aryl methyl sites for hydroxylation is 1. The number of methoxy groups -OCH3 is 2. The predicted molar refractivity (Wildman–Crippen MR) is 192 cm³/mol. The summed E-state index contributed by atoms with van der Waals surface area (Å²) in [6, 6.07) is 16.0. The second-order valence-electron chi connectivity index (χ2n) is 12.2. The van der Waals surface area contributed by atoms with E-state index in [1.165, 1.54) is 23.5 Å². The molecule has 0 spiro atoms. The second-order valence-corrected chi connectivity index (χ2v) is 20.5. The molecular weight excluding hydrogens is 676 g/mol. The summed E-state index contributed by atoms with van der Waals surface area (Å²) in [5, 5.41) is 12.7. The van der Waals surface area contributed by atoms with Gasteiger partial charge in [-0.05, 0) is 68.0 Å². The SMILES string of the molecule is COC(OC)(c1ccc(-c2ccc(F)cc2)s1)c1cc(C2(O)OC(CO[Si](C)(C)C)C(O[SiH2]C)C(O[SiH2]C)C2O[SiH2]C)ccc1C. The number of benzene rings is 2.